The number of hydrogen-bond donors (Lipinski definition) is 1. The molecule has 2 N–H and O–H groups in total. The Hall–Kier alpha value is -1.54. The zero-order valence-corrected chi connectivity index (χ0v) is 9.22. The maximum Gasteiger partial charge on any atom is 0.434 e. The van der Waals surface area contributed by atoms with Crippen molar-refractivity contribution < 1.29 is 13.2 Å². The highest BCUT2D eigenvalue weighted by Gasteiger charge is 2.37. The predicted octanol–water partition coefficient (Wildman–Crippen LogP) is 2.08. The lowest BCUT2D eigenvalue weighted by molar-refractivity contribution is -0.141. The molecule has 0 amide bonds. The molecule has 17 heavy (non-hydrogen) atoms. The van der Waals surface area contributed by atoms with Crippen LogP contribution in [0.5, 0.6) is 0 Å². The van der Waals surface area contributed by atoms with Crippen LogP contribution in [0, 0.1) is 0 Å². The summed E-state index contributed by atoms with van der Waals surface area (Å²) in [5.41, 5.74) is 4.64. The number of halogens is 3. The molecule has 2 heterocycles. The third kappa shape index (κ3) is 2.42. The van der Waals surface area contributed by atoms with Crippen molar-refractivity contribution in [2.24, 2.45) is 5.73 Å². The van der Waals surface area contributed by atoms with E-state index in [1.807, 2.05) is 0 Å². The van der Waals surface area contributed by atoms with Crippen LogP contribution >= 0.6 is 11.3 Å². The molecule has 0 spiro atoms. The van der Waals surface area contributed by atoms with E-state index in [9.17, 15) is 13.2 Å². The molecule has 0 radical (unpaired) electrons. The van der Waals surface area contributed by atoms with Crippen LogP contribution in [0.3, 0.4) is 0 Å². The first-order valence-electron chi connectivity index (χ1n) is 4.55. The SMILES string of the molecule is NCc1sc(-c2cnccn2)nc1C(F)(F)F. The Kier molecular flexibility index (Phi) is 3.07. The number of alkyl halides is 3. The lowest BCUT2D eigenvalue weighted by Crippen LogP contribution is -2.10. The van der Waals surface area contributed by atoms with E-state index in [1.54, 1.807) is 0 Å². The summed E-state index contributed by atoms with van der Waals surface area (Å²) in [5.74, 6) is 0. The van der Waals surface area contributed by atoms with Gasteiger partial charge in [-0.05, 0) is 0 Å². The van der Waals surface area contributed by atoms with Crippen LogP contribution in [0.15, 0.2) is 18.6 Å². The third-order valence-electron chi connectivity index (χ3n) is 1.93. The van der Waals surface area contributed by atoms with Crippen LogP contribution in [0.25, 0.3) is 10.7 Å². The average Bonchev–Trinajstić information content (AvgIpc) is 2.74. The van der Waals surface area contributed by atoms with Gasteiger partial charge in [0, 0.05) is 18.9 Å². The van der Waals surface area contributed by atoms with Crippen molar-refractivity contribution in [3.05, 3.63) is 29.2 Å². The van der Waals surface area contributed by atoms with Gasteiger partial charge in [-0.2, -0.15) is 13.2 Å². The Labute approximate surface area is 98.4 Å². The van der Waals surface area contributed by atoms with E-state index < -0.39 is 11.9 Å². The van der Waals surface area contributed by atoms with Gasteiger partial charge >= 0.3 is 6.18 Å². The number of thiazole rings is 1. The van der Waals surface area contributed by atoms with E-state index in [0.29, 0.717) is 5.69 Å². The Balaban J connectivity index is 2.49. The van der Waals surface area contributed by atoms with Crippen LogP contribution in [-0.2, 0) is 12.7 Å². The molecular formula is C9H7F3N4S. The summed E-state index contributed by atoms with van der Waals surface area (Å²) in [6.07, 6.45) is -0.303. The summed E-state index contributed by atoms with van der Waals surface area (Å²) in [7, 11) is 0. The molecule has 0 saturated carbocycles. The standard InChI is InChI=1S/C9H7F3N4S/c10-9(11,12)7-6(3-13)17-8(16-7)5-4-14-1-2-15-5/h1-2,4H,3,13H2. The minimum Gasteiger partial charge on any atom is -0.326 e. The van der Waals surface area contributed by atoms with Crippen molar-refractivity contribution in [1.29, 1.82) is 0 Å². The zero-order chi connectivity index (χ0) is 12.5. The minimum absolute atomic E-state index is 0.00171. The fourth-order valence-corrected chi connectivity index (χ4v) is 2.15. The van der Waals surface area contributed by atoms with Crippen LogP contribution in [0.2, 0.25) is 0 Å². The van der Waals surface area contributed by atoms with Gasteiger partial charge in [0.05, 0.1) is 11.1 Å². The highest BCUT2D eigenvalue weighted by atomic mass is 32.1. The molecule has 0 unspecified atom stereocenters. The molecule has 4 nitrogen and oxygen atoms in total. The molecule has 0 aliphatic carbocycles. The smallest absolute Gasteiger partial charge is 0.326 e. The Morgan fingerprint density at radius 2 is 2.06 bits per heavy atom. The maximum atomic E-state index is 12.6. The largest absolute Gasteiger partial charge is 0.434 e. The highest BCUT2D eigenvalue weighted by molar-refractivity contribution is 7.15. The van der Waals surface area contributed by atoms with Crippen molar-refractivity contribution in [2.45, 2.75) is 12.7 Å². The van der Waals surface area contributed by atoms with Gasteiger partial charge < -0.3 is 5.73 Å². The molecule has 0 saturated heterocycles. The van der Waals surface area contributed by atoms with Crippen LogP contribution in [0.4, 0.5) is 13.2 Å². The van der Waals surface area contributed by atoms with E-state index in [1.165, 1.54) is 18.6 Å². The summed E-state index contributed by atoms with van der Waals surface area (Å²) >= 11 is 0.881. The average molecular weight is 260 g/mol. The summed E-state index contributed by atoms with van der Waals surface area (Å²) in [6, 6.07) is 0. The Bertz CT molecular complexity index is 509. The minimum atomic E-state index is -4.49. The van der Waals surface area contributed by atoms with Gasteiger partial charge in [-0.25, -0.2) is 4.98 Å². The second-order valence-corrected chi connectivity index (χ2v) is 4.17. The number of aromatic nitrogens is 3. The molecule has 0 atom stereocenters. The van der Waals surface area contributed by atoms with Gasteiger partial charge in [0.2, 0.25) is 0 Å². The van der Waals surface area contributed by atoms with E-state index >= 15 is 0 Å². The second-order valence-electron chi connectivity index (χ2n) is 3.08. The van der Waals surface area contributed by atoms with E-state index in [4.69, 9.17) is 5.73 Å². The summed E-state index contributed by atoms with van der Waals surface area (Å²) < 4.78 is 37.9. The fourth-order valence-electron chi connectivity index (χ4n) is 1.23. The zero-order valence-electron chi connectivity index (χ0n) is 8.40. The van der Waals surface area contributed by atoms with Crippen molar-refractivity contribution in [3.8, 4) is 10.7 Å². The first kappa shape index (κ1) is 11.9. The monoisotopic (exact) mass is 260 g/mol. The van der Waals surface area contributed by atoms with Crippen molar-refractivity contribution >= 4 is 11.3 Å². The first-order valence-corrected chi connectivity index (χ1v) is 5.37. The van der Waals surface area contributed by atoms with E-state index in [-0.39, 0.29) is 16.4 Å². The molecular weight excluding hydrogens is 253 g/mol. The normalized spacial score (nSPS) is 11.8. The first-order chi connectivity index (χ1) is 8.02. The lowest BCUT2D eigenvalue weighted by Gasteiger charge is -2.03. The maximum absolute atomic E-state index is 12.6. The van der Waals surface area contributed by atoms with E-state index in [0.717, 1.165) is 11.3 Å². The van der Waals surface area contributed by atoms with Gasteiger partial charge in [-0.1, -0.05) is 0 Å². The second kappa shape index (κ2) is 4.38. The molecule has 0 aliphatic rings. The van der Waals surface area contributed by atoms with Crippen molar-refractivity contribution in [2.75, 3.05) is 0 Å². The molecule has 2 aromatic heterocycles. The number of nitrogens with zero attached hydrogens (tertiary/aromatic N) is 3. The molecule has 2 rings (SSSR count). The molecule has 0 fully saturated rings. The molecule has 0 aliphatic heterocycles. The van der Waals surface area contributed by atoms with Gasteiger partial charge in [-0.3, -0.25) is 9.97 Å². The lowest BCUT2D eigenvalue weighted by atomic mass is 10.3. The predicted molar refractivity (Wildman–Crippen MR) is 56.0 cm³/mol. The Morgan fingerprint density at radius 1 is 1.29 bits per heavy atom. The summed E-state index contributed by atoms with van der Waals surface area (Å²) in [6.45, 7) is -0.202. The Morgan fingerprint density at radius 3 is 2.53 bits per heavy atom. The number of nitrogens with two attached hydrogens (primary N) is 1. The summed E-state index contributed by atoms with van der Waals surface area (Å²) in [5, 5.41) is 0.172. The van der Waals surface area contributed by atoms with Gasteiger partial charge in [0.15, 0.2) is 5.69 Å². The van der Waals surface area contributed by atoms with Gasteiger partial charge in [0.1, 0.15) is 10.7 Å². The highest BCUT2D eigenvalue weighted by Crippen LogP contribution is 2.36. The van der Waals surface area contributed by atoms with Gasteiger partial charge in [-0.15, -0.1) is 11.3 Å². The van der Waals surface area contributed by atoms with Crippen LogP contribution < -0.4 is 5.73 Å². The molecule has 8 heteroatoms. The van der Waals surface area contributed by atoms with Crippen LogP contribution in [0.1, 0.15) is 10.6 Å². The molecule has 90 valence electrons. The summed E-state index contributed by atoms with van der Waals surface area (Å²) in [4.78, 5) is 11.2. The molecule has 0 bridgehead atoms. The number of hydrogen-bond acceptors (Lipinski definition) is 5. The van der Waals surface area contributed by atoms with Crippen molar-refractivity contribution in [3.63, 3.8) is 0 Å². The third-order valence-corrected chi connectivity index (χ3v) is 3.03. The fraction of sp³-hybridized carbons (Fsp3) is 0.222. The van der Waals surface area contributed by atoms with Crippen LogP contribution in [-0.4, -0.2) is 15.0 Å². The topological polar surface area (TPSA) is 64.7 Å². The quantitative estimate of drug-likeness (QED) is 0.897. The number of rotatable bonds is 2. The molecule has 2 aromatic rings. The van der Waals surface area contributed by atoms with Crippen molar-refractivity contribution in [1.82, 2.24) is 15.0 Å². The molecule has 0 aromatic carbocycles. The van der Waals surface area contributed by atoms with Gasteiger partial charge in [0.25, 0.3) is 0 Å². The van der Waals surface area contributed by atoms with E-state index in [2.05, 4.69) is 15.0 Å².